The number of nitrogens with zero attached hydrogens (tertiary/aromatic N) is 2. The number of aliphatic hydroxyl groups is 2. The second-order valence-electron chi connectivity index (χ2n) is 8.97. The molecule has 3 atom stereocenters. The Labute approximate surface area is 205 Å². The van der Waals surface area contributed by atoms with Gasteiger partial charge >= 0.3 is 6.18 Å². The van der Waals surface area contributed by atoms with E-state index in [1.165, 1.54) is 32.1 Å². The van der Waals surface area contributed by atoms with Crippen molar-refractivity contribution >= 4 is 16.9 Å². The number of hydrogen-bond donors (Lipinski definition) is 4. The van der Waals surface area contributed by atoms with E-state index in [-0.39, 0.29) is 18.7 Å². The molecule has 0 fully saturated rings. The monoisotopic (exact) mass is 500 g/mol. The molecule has 3 unspecified atom stereocenters. The minimum absolute atomic E-state index is 0.134. The predicted octanol–water partition coefficient (Wildman–Crippen LogP) is 5.11. The lowest BCUT2D eigenvalue weighted by Crippen LogP contribution is -2.49. The smallest absolute Gasteiger partial charge is 0.384 e. The van der Waals surface area contributed by atoms with Crippen molar-refractivity contribution < 1.29 is 27.8 Å². The number of hydrogen-bond acceptors (Lipinski definition) is 6. The van der Waals surface area contributed by atoms with Crippen molar-refractivity contribution in [2.24, 2.45) is 0 Å². The van der Waals surface area contributed by atoms with E-state index < -0.39 is 34.8 Å². The van der Waals surface area contributed by atoms with Crippen LogP contribution in [-0.2, 0) is 6.18 Å². The van der Waals surface area contributed by atoms with E-state index in [4.69, 9.17) is 5.26 Å². The molecule has 0 aromatic heterocycles. The van der Waals surface area contributed by atoms with Gasteiger partial charge in [0.05, 0.1) is 28.8 Å². The lowest BCUT2D eigenvalue weighted by molar-refractivity contribution is -0.137. The Morgan fingerprint density at radius 2 is 1.72 bits per heavy atom. The molecular formula is C26H24F4N4O2. The van der Waals surface area contributed by atoms with E-state index in [0.29, 0.717) is 28.5 Å². The van der Waals surface area contributed by atoms with Gasteiger partial charge in [-0.15, -0.1) is 0 Å². The van der Waals surface area contributed by atoms with Crippen molar-refractivity contribution in [2.75, 3.05) is 17.2 Å². The van der Waals surface area contributed by atoms with Crippen LogP contribution >= 0.6 is 0 Å². The summed E-state index contributed by atoms with van der Waals surface area (Å²) in [6, 6.07) is 11.2. The van der Waals surface area contributed by atoms with E-state index in [9.17, 15) is 33.0 Å². The third-order valence-corrected chi connectivity index (χ3v) is 5.77. The summed E-state index contributed by atoms with van der Waals surface area (Å²) < 4.78 is 53.7. The van der Waals surface area contributed by atoms with Crippen LogP contribution in [-0.4, -0.2) is 34.3 Å². The molecule has 188 valence electrons. The fourth-order valence-electron chi connectivity index (χ4n) is 3.56. The third-order valence-electron chi connectivity index (χ3n) is 5.77. The van der Waals surface area contributed by atoms with E-state index in [0.717, 1.165) is 6.07 Å². The van der Waals surface area contributed by atoms with Gasteiger partial charge in [0.15, 0.2) is 6.23 Å². The Kier molecular flexibility index (Phi) is 7.44. The normalized spacial score (nSPS) is 19.9. The summed E-state index contributed by atoms with van der Waals surface area (Å²) in [4.78, 5) is 0. The van der Waals surface area contributed by atoms with E-state index in [1.807, 2.05) is 0 Å². The molecule has 0 heterocycles. The molecule has 0 saturated carbocycles. The van der Waals surface area contributed by atoms with Gasteiger partial charge in [-0.3, -0.25) is 0 Å². The van der Waals surface area contributed by atoms with Crippen LogP contribution in [0.2, 0.25) is 0 Å². The Bertz CT molecular complexity index is 1280. The van der Waals surface area contributed by atoms with Crippen molar-refractivity contribution in [1.82, 2.24) is 0 Å². The van der Waals surface area contributed by atoms with Gasteiger partial charge in [0.2, 0.25) is 0 Å². The van der Waals surface area contributed by atoms with Crippen LogP contribution in [0.5, 0.6) is 0 Å². The Morgan fingerprint density at radius 3 is 2.31 bits per heavy atom. The molecule has 0 radical (unpaired) electrons. The minimum atomic E-state index is -4.77. The molecule has 0 spiro atoms. The van der Waals surface area contributed by atoms with E-state index in [1.54, 1.807) is 30.4 Å². The number of anilines is 2. The summed E-state index contributed by atoms with van der Waals surface area (Å²) in [6.07, 6.45) is -1.58. The van der Waals surface area contributed by atoms with Gasteiger partial charge in [-0.05, 0) is 61.9 Å². The first-order chi connectivity index (χ1) is 16.8. The topological polar surface area (TPSA) is 112 Å². The van der Waals surface area contributed by atoms with Crippen molar-refractivity contribution in [2.45, 2.75) is 43.9 Å². The summed E-state index contributed by atoms with van der Waals surface area (Å²) >= 11 is 0. The average Bonchev–Trinajstić information content (AvgIpc) is 2.82. The van der Waals surface area contributed by atoms with Crippen LogP contribution in [0.1, 0.15) is 42.5 Å². The van der Waals surface area contributed by atoms with Gasteiger partial charge in [0.25, 0.3) is 0 Å². The highest BCUT2D eigenvalue weighted by Crippen LogP contribution is 2.34. The van der Waals surface area contributed by atoms with Crippen molar-refractivity contribution in [1.29, 1.82) is 10.5 Å². The summed E-state index contributed by atoms with van der Waals surface area (Å²) in [5, 5.41) is 45.0. The SMILES string of the molecule is CC1(F)C=CC(c2cc(NCC(C)(O)C(O)Nc3ccc(C#N)c(C(F)(F)F)c3)ccc2C#N)=CC1. The molecule has 2 aromatic carbocycles. The molecule has 3 rings (SSSR count). The van der Waals surface area contributed by atoms with Crippen LogP contribution in [0, 0.1) is 22.7 Å². The number of alkyl halides is 4. The van der Waals surface area contributed by atoms with Crippen LogP contribution < -0.4 is 10.6 Å². The number of rotatable bonds is 7. The molecule has 0 saturated heterocycles. The number of allylic oxidation sites excluding steroid dienone is 4. The third kappa shape index (κ3) is 6.22. The molecule has 1 aliphatic carbocycles. The number of nitrogens with one attached hydrogen (secondary N) is 2. The first-order valence-corrected chi connectivity index (χ1v) is 10.9. The fourth-order valence-corrected chi connectivity index (χ4v) is 3.56. The highest BCUT2D eigenvalue weighted by Gasteiger charge is 2.35. The molecule has 10 heteroatoms. The lowest BCUT2D eigenvalue weighted by atomic mass is 9.90. The molecule has 0 bridgehead atoms. The molecule has 2 aromatic rings. The second-order valence-corrected chi connectivity index (χ2v) is 8.97. The zero-order valence-electron chi connectivity index (χ0n) is 19.5. The summed E-state index contributed by atoms with van der Waals surface area (Å²) in [7, 11) is 0. The highest BCUT2D eigenvalue weighted by molar-refractivity contribution is 5.80. The van der Waals surface area contributed by atoms with Crippen LogP contribution in [0.4, 0.5) is 28.9 Å². The lowest BCUT2D eigenvalue weighted by Gasteiger charge is -2.31. The van der Waals surface area contributed by atoms with Gasteiger partial charge in [0, 0.05) is 29.9 Å². The van der Waals surface area contributed by atoms with Crippen molar-refractivity contribution in [3.63, 3.8) is 0 Å². The molecule has 0 aliphatic heterocycles. The number of halogens is 4. The van der Waals surface area contributed by atoms with Crippen LogP contribution in [0.25, 0.3) is 5.57 Å². The molecule has 6 nitrogen and oxygen atoms in total. The fraction of sp³-hybridized carbons (Fsp3) is 0.308. The van der Waals surface area contributed by atoms with E-state index >= 15 is 0 Å². The van der Waals surface area contributed by atoms with Gasteiger partial charge < -0.3 is 20.8 Å². The summed E-state index contributed by atoms with van der Waals surface area (Å²) in [5.74, 6) is 0. The zero-order valence-corrected chi connectivity index (χ0v) is 19.5. The first-order valence-electron chi connectivity index (χ1n) is 10.9. The van der Waals surface area contributed by atoms with Crippen LogP contribution in [0.3, 0.4) is 0 Å². The van der Waals surface area contributed by atoms with Gasteiger partial charge in [0.1, 0.15) is 11.3 Å². The van der Waals surface area contributed by atoms with Crippen LogP contribution in [0.15, 0.2) is 54.6 Å². The molecule has 0 amide bonds. The van der Waals surface area contributed by atoms with Gasteiger partial charge in [-0.2, -0.15) is 23.7 Å². The number of aliphatic hydroxyl groups excluding tert-OH is 1. The summed E-state index contributed by atoms with van der Waals surface area (Å²) in [6.45, 7) is 2.51. The Morgan fingerprint density at radius 1 is 1.08 bits per heavy atom. The number of benzene rings is 2. The highest BCUT2D eigenvalue weighted by atomic mass is 19.4. The quantitative estimate of drug-likeness (QED) is 0.310. The minimum Gasteiger partial charge on any atom is -0.384 e. The molecule has 1 aliphatic rings. The Balaban J connectivity index is 1.74. The summed E-state index contributed by atoms with van der Waals surface area (Å²) in [5.41, 5.74) is -3.08. The van der Waals surface area contributed by atoms with Crippen molar-refractivity contribution in [3.8, 4) is 12.1 Å². The van der Waals surface area contributed by atoms with Crippen molar-refractivity contribution in [3.05, 3.63) is 76.9 Å². The second kappa shape index (κ2) is 10.0. The maximum atomic E-state index is 14.1. The molecule has 36 heavy (non-hydrogen) atoms. The zero-order chi connectivity index (χ0) is 26.7. The average molecular weight is 500 g/mol. The van der Waals surface area contributed by atoms with Gasteiger partial charge in [-0.25, -0.2) is 4.39 Å². The predicted molar refractivity (Wildman–Crippen MR) is 127 cm³/mol. The number of nitriles is 2. The maximum absolute atomic E-state index is 14.1. The molecule has 4 N–H and O–H groups in total. The first kappa shape index (κ1) is 26.7. The standard InChI is InChI=1S/C26H24F4N4O2/c1-24(27)9-7-16(8-10-24)21-11-19(5-3-17(21)13-31)33-15-25(2,36)23(35)34-20-6-4-18(14-32)22(12-20)26(28,29)30/h3-9,11-12,23,33-36H,10,15H2,1-2H3. The molecular weight excluding hydrogens is 476 g/mol. The maximum Gasteiger partial charge on any atom is 0.417 e. The van der Waals surface area contributed by atoms with E-state index in [2.05, 4.69) is 16.7 Å². The largest absolute Gasteiger partial charge is 0.417 e. The Hall–Kier alpha value is -3.86. The van der Waals surface area contributed by atoms with Gasteiger partial charge in [-0.1, -0.05) is 12.2 Å².